The largest absolute Gasteiger partial charge is 0.492 e. The van der Waals surface area contributed by atoms with Crippen LogP contribution in [-0.4, -0.2) is 25.7 Å². The summed E-state index contributed by atoms with van der Waals surface area (Å²) in [7, 11) is 0. The van der Waals surface area contributed by atoms with Crippen molar-refractivity contribution in [2.24, 2.45) is 4.99 Å². The Bertz CT molecular complexity index is 591. The lowest BCUT2D eigenvalue weighted by molar-refractivity contribution is 0.322. The van der Waals surface area contributed by atoms with Crippen LogP contribution < -0.4 is 15.4 Å². The summed E-state index contributed by atoms with van der Waals surface area (Å²) in [6.45, 7) is 4.46. The fraction of sp³-hybridized carbons (Fsp3) is 0.312. The fourth-order valence-corrected chi connectivity index (χ4v) is 1.98. The van der Waals surface area contributed by atoms with Gasteiger partial charge in [0.05, 0.1) is 12.8 Å². The number of aliphatic imine (C=N–C) groups is 1. The van der Waals surface area contributed by atoms with E-state index in [-0.39, 0.29) is 24.0 Å². The quantitative estimate of drug-likeness (QED) is 0.293. The lowest BCUT2D eigenvalue weighted by Gasteiger charge is -2.12. The molecule has 0 spiro atoms. The van der Waals surface area contributed by atoms with Crippen LogP contribution in [0.15, 0.2) is 52.1 Å². The molecule has 0 saturated heterocycles. The van der Waals surface area contributed by atoms with Crippen molar-refractivity contribution in [1.82, 2.24) is 10.6 Å². The molecule has 0 aliphatic heterocycles. The van der Waals surface area contributed by atoms with E-state index in [2.05, 4.69) is 15.6 Å². The van der Waals surface area contributed by atoms with Crippen LogP contribution in [0.3, 0.4) is 0 Å². The Morgan fingerprint density at radius 1 is 1.26 bits per heavy atom. The summed E-state index contributed by atoms with van der Waals surface area (Å²) in [4.78, 5) is 4.44. The van der Waals surface area contributed by atoms with Crippen LogP contribution in [0.5, 0.6) is 5.75 Å². The van der Waals surface area contributed by atoms with Gasteiger partial charge < -0.3 is 19.8 Å². The van der Waals surface area contributed by atoms with Gasteiger partial charge in [-0.3, -0.25) is 0 Å². The van der Waals surface area contributed by atoms with E-state index in [1.165, 1.54) is 0 Å². The van der Waals surface area contributed by atoms with Gasteiger partial charge in [0, 0.05) is 11.6 Å². The van der Waals surface area contributed by atoms with Gasteiger partial charge >= 0.3 is 0 Å². The Kier molecular flexibility index (Phi) is 9.54. The summed E-state index contributed by atoms with van der Waals surface area (Å²) >= 11 is 5.91. The lowest BCUT2D eigenvalue weighted by Crippen LogP contribution is -2.39. The first-order valence-electron chi connectivity index (χ1n) is 7.21. The molecule has 0 bridgehead atoms. The zero-order valence-corrected chi connectivity index (χ0v) is 16.0. The third-order valence-electron chi connectivity index (χ3n) is 2.78. The summed E-state index contributed by atoms with van der Waals surface area (Å²) in [5, 5.41) is 7.05. The molecule has 2 N–H and O–H groups in total. The third-order valence-corrected chi connectivity index (χ3v) is 3.01. The molecular weight excluding hydrogens is 429 g/mol. The lowest BCUT2D eigenvalue weighted by atomic mass is 10.3. The maximum atomic E-state index is 5.91. The van der Waals surface area contributed by atoms with E-state index in [1.54, 1.807) is 12.3 Å². The van der Waals surface area contributed by atoms with Crippen LogP contribution in [0.4, 0.5) is 0 Å². The van der Waals surface area contributed by atoms with E-state index < -0.39 is 0 Å². The van der Waals surface area contributed by atoms with Gasteiger partial charge in [0.2, 0.25) is 0 Å². The van der Waals surface area contributed by atoms with Crippen molar-refractivity contribution in [3.8, 4) is 5.75 Å². The van der Waals surface area contributed by atoms with Gasteiger partial charge in [0.25, 0.3) is 0 Å². The van der Waals surface area contributed by atoms with E-state index in [9.17, 15) is 0 Å². The molecule has 23 heavy (non-hydrogen) atoms. The number of furan rings is 1. The van der Waals surface area contributed by atoms with Crippen LogP contribution in [0.25, 0.3) is 0 Å². The van der Waals surface area contributed by atoms with Gasteiger partial charge in [-0.2, -0.15) is 0 Å². The Balaban J connectivity index is 0.00000264. The topological polar surface area (TPSA) is 58.8 Å². The number of ether oxygens (including phenoxy) is 1. The van der Waals surface area contributed by atoms with Crippen molar-refractivity contribution >= 4 is 41.5 Å². The highest BCUT2D eigenvalue weighted by Gasteiger charge is 1.99. The molecule has 1 aromatic carbocycles. The van der Waals surface area contributed by atoms with Crippen molar-refractivity contribution in [1.29, 1.82) is 0 Å². The minimum Gasteiger partial charge on any atom is -0.492 e. The van der Waals surface area contributed by atoms with Gasteiger partial charge in [0.15, 0.2) is 5.96 Å². The van der Waals surface area contributed by atoms with Crippen molar-refractivity contribution in [3.05, 3.63) is 53.4 Å². The van der Waals surface area contributed by atoms with E-state index >= 15 is 0 Å². The molecule has 2 rings (SSSR count). The molecule has 0 unspecified atom stereocenters. The molecule has 126 valence electrons. The molecule has 0 amide bonds. The number of halogens is 2. The molecule has 1 heterocycles. The van der Waals surface area contributed by atoms with E-state index in [4.69, 9.17) is 20.8 Å². The molecule has 0 aliphatic rings. The van der Waals surface area contributed by atoms with Gasteiger partial charge in [-0.15, -0.1) is 24.0 Å². The Hall–Kier alpha value is -1.41. The number of rotatable bonds is 7. The minimum absolute atomic E-state index is 0. The second-order valence-electron chi connectivity index (χ2n) is 4.51. The molecule has 0 fully saturated rings. The normalized spacial score (nSPS) is 10.8. The highest BCUT2D eigenvalue weighted by atomic mass is 127. The van der Waals surface area contributed by atoms with Crippen LogP contribution in [0.1, 0.15) is 12.7 Å². The smallest absolute Gasteiger partial charge is 0.191 e. The van der Waals surface area contributed by atoms with Gasteiger partial charge in [-0.1, -0.05) is 17.7 Å². The second-order valence-corrected chi connectivity index (χ2v) is 4.94. The molecule has 0 aliphatic carbocycles. The number of hydrogen-bond acceptors (Lipinski definition) is 3. The fourth-order valence-electron chi connectivity index (χ4n) is 1.80. The molecule has 0 radical (unpaired) electrons. The first-order valence-corrected chi connectivity index (χ1v) is 7.58. The average Bonchev–Trinajstić information content (AvgIpc) is 3.02. The Morgan fingerprint density at radius 3 is 2.83 bits per heavy atom. The minimum atomic E-state index is 0. The highest BCUT2D eigenvalue weighted by molar-refractivity contribution is 14.0. The van der Waals surface area contributed by atoms with Crippen molar-refractivity contribution in [3.63, 3.8) is 0 Å². The predicted octanol–water partition coefficient (Wildman–Crippen LogP) is 3.69. The molecule has 2 aromatic rings. The number of nitrogens with zero attached hydrogens (tertiary/aromatic N) is 1. The second kappa shape index (κ2) is 11.2. The summed E-state index contributed by atoms with van der Waals surface area (Å²) in [6.07, 6.45) is 1.64. The number of benzene rings is 1. The predicted molar refractivity (Wildman–Crippen MR) is 104 cm³/mol. The van der Waals surface area contributed by atoms with Crippen LogP contribution in [-0.2, 0) is 6.54 Å². The van der Waals surface area contributed by atoms with Crippen LogP contribution >= 0.6 is 35.6 Å². The standard InChI is InChI=1S/C16H20ClN3O2.HI/c1-2-18-16(20-12-15-7-4-9-21-15)19-8-10-22-14-6-3-5-13(17)11-14;/h3-7,9,11H,2,8,10,12H2,1H3,(H2,18,19,20);1H. The zero-order chi connectivity index (χ0) is 15.6. The molecular formula is C16H21ClIN3O2. The number of guanidine groups is 1. The third kappa shape index (κ3) is 7.60. The molecule has 0 saturated carbocycles. The van der Waals surface area contributed by atoms with Crippen molar-refractivity contribution in [2.45, 2.75) is 13.5 Å². The number of nitrogens with one attached hydrogen (secondary N) is 2. The molecule has 1 aromatic heterocycles. The first-order chi connectivity index (χ1) is 10.8. The summed E-state index contributed by atoms with van der Waals surface area (Å²) in [6, 6.07) is 11.1. The van der Waals surface area contributed by atoms with Crippen LogP contribution in [0, 0.1) is 0 Å². The molecule has 7 heteroatoms. The Morgan fingerprint density at radius 2 is 2.13 bits per heavy atom. The first kappa shape index (κ1) is 19.6. The van der Waals surface area contributed by atoms with Gasteiger partial charge in [-0.05, 0) is 37.3 Å². The van der Waals surface area contributed by atoms with Crippen molar-refractivity contribution < 1.29 is 9.15 Å². The monoisotopic (exact) mass is 449 g/mol. The highest BCUT2D eigenvalue weighted by Crippen LogP contribution is 2.16. The zero-order valence-electron chi connectivity index (χ0n) is 12.9. The number of hydrogen-bond donors (Lipinski definition) is 2. The van der Waals surface area contributed by atoms with E-state index in [0.29, 0.717) is 24.7 Å². The summed E-state index contributed by atoms with van der Waals surface area (Å²) in [5.41, 5.74) is 0. The molecule has 5 nitrogen and oxygen atoms in total. The van der Waals surface area contributed by atoms with Gasteiger partial charge in [-0.25, -0.2) is 4.99 Å². The van der Waals surface area contributed by atoms with E-state index in [0.717, 1.165) is 24.0 Å². The van der Waals surface area contributed by atoms with Gasteiger partial charge in [0.1, 0.15) is 24.7 Å². The average molecular weight is 450 g/mol. The maximum absolute atomic E-state index is 5.91. The SMILES string of the molecule is CCNC(=NCc1ccco1)NCCOc1cccc(Cl)c1.I. The molecule has 0 atom stereocenters. The summed E-state index contributed by atoms with van der Waals surface area (Å²) < 4.78 is 10.9. The Labute approximate surface area is 158 Å². The maximum Gasteiger partial charge on any atom is 0.191 e. The van der Waals surface area contributed by atoms with Crippen molar-refractivity contribution in [2.75, 3.05) is 19.7 Å². The summed E-state index contributed by atoms with van der Waals surface area (Å²) in [5.74, 6) is 2.31. The van der Waals surface area contributed by atoms with Crippen LogP contribution in [0.2, 0.25) is 5.02 Å². The van der Waals surface area contributed by atoms with E-state index in [1.807, 2.05) is 37.3 Å².